The second kappa shape index (κ2) is 29.5. The molecule has 2 amide bonds. The summed E-state index contributed by atoms with van der Waals surface area (Å²) in [5.74, 6) is -1.48. The van der Waals surface area contributed by atoms with Crippen molar-refractivity contribution in [1.82, 2.24) is 9.80 Å². The Labute approximate surface area is 322 Å². The van der Waals surface area contributed by atoms with Gasteiger partial charge in [0.05, 0.1) is 25.0 Å². The van der Waals surface area contributed by atoms with Crippen LogP contribution in [0.25, 0.3) is 0 Å². The van der Waals surface area contributed by atoms with Crippen LogP contribution in [-0.4, -0.2) is 94.0 Å². The molecule has 0 aromatic carbocycles. The fraction of sp³-hybridized carbons (Fsp3) is 0.825. The number of hydrogen-bond donors (Lipinski definition) is 0. The SMILES string of the molecule is C1CCCC1.CC(=O)C(C)CC(CC(CC(C)C(=O)N(C)C)C(=O)OCCOCCOC(=O)C(C)CC(C)C(=O)N(C)C)C1CCCC1.[CH3-].[CH3-].[Fe+2]. The molecule has 2 aliphatic carbocycles. The molecule has 300 valence electrons. The first-order valence-corrected chi connectivity index (χ1v) is 18.5. The van der Waals surface area contributed by atoms with Gasteiger partial charge in [0.15, 0.2) is 0 Å². The van der Waals surface area contributed by atoms with E-state index in [0.29, 0.717) is 25.2 Å². The Hall–Kier alpha value is -1.97. The van der Waals surface area contributed by atoms with Crippen LogP contribution in [-0.2, 0) is 55.3 Å². The molecular formula is C40H74FeN2O8. The van der Waals surface area contributed by atoms with E-state index in [9.17, 15) is 24.0 Å². The maximum atomic E-state index is 13.3. The number of rotatable bonds is 20. The zero-order valence-electron chi connectivity index (χ0n) is 34.1. The van der Waals surface area contributed by atoms with E-state index in [1.807, 2.05) is 13.8 Å². The Morgan fingerprint density at radius 3 is 1.43 bits per heavy atom. The summed E-state index contributed by atoms with van der Waals surface area (Å²) in [7, 11) is 6.80. The summed E-state index contributed by atoms with van der Waals surface area (Å²) < 4.78 is 16.4. The normalized spacial score (nSPS) is 17.3. The van der Waals surface area contributed by atoms with Crippen molar-refractivity contribution in [2.24, 2.45) is 41.4 Å². The second-order valence-corrected chi connectivity index (χ2v) is 14.8. The van der Waals surface area contributed by atoms with Gasteiger partial charge in [-0.1, -0.05) is 85.5 Å². The first-order valence-electron chi connectivity index (χ1n) is 18.5. The molecule has 0 aliphatic heterocycles. The predicted molar refractivity (Wildman–Crippen MR) is 201 cm³/mol. The zero-order valence-corrected chi connectivity index (χ0v) is 35.2. The minimum atomic E-state index is -0.451. The molecule has 0 heterocycles. The van der Waals surface area contributed by atoms with E-state index in [1.54, 1.807) is 53.9 Å². The van der Waals surface area contributed by atoms with Gasteiger partial charge in [-0.05, 0) is 44.4 Å². The summed E-state index contributed by atoms with van der Waals surface area (Å²) >= 11 is 0. The summed E-state index contributed by atoms with van der Waals surface area (Å²) in [5.41, 5.74) is 0. The molecule has 6 unspecified atom stereocenters. The number of Topliss-reactive ketones (excluding diaryl/α,β-unsaturated/α-hetero) is 1. The molecule has 0 bridgehead atoms. The monoisotopic (exact) mass is 766 g/mol. The van der Waals surface area contributed by atoms with Gasteiger partial charge in [-0.15, -0.1) is 0 Å². The molecule has 0 radical (unpaired) electrons. The molecule has 0 aromatic heterocycles. The van der Waals surface area contributed by atoms with Crippen molar-refractivity contribution in [1.29, 1.82) is 0 Å². The number of hydrogen-bond acceptors (Lipinski definition) is 8. The number of carbonyl (C=O) groups is 5. The summed E-state index contributed by atoms with van der Waals surface area (Å²) in [6, 6.07) is 0. The fourth-order valence-electron chi connectivity index (χ4n) is 6.97. The topological polar surface area (TPSA) is 120 Å². The summed E-state index contributed by atoms with van der Waals surface area (Å²) in [4.78, 5) is 65.4. The van der Waals surface area contributed by atoms with E-state index in [4.69, 9.17) is 14.2 Å². The molecular weight excluding hydrogens is 692 g/mol. The minimum absolute atomic E-state index is 0. The number of esters is 2. The molecule has 10 nitrogen and oxygen atoms in total. The Morgan fingerprint density at radius 1 is 0.569 bits per heavy atom. The molecule has 2 rings (SSSR count). The van der Waals surface area contributed by atoms with Crippen LogP contribution in [0.4, 0.5) is 0 Å². The quantitative estimate of drug-likeness (QED) is 0.0552. The van der Waals surface area contributed by atoms with Gasteiger partial charge in [0.1, 0.15) is 19.0 Å². The standard InChI is InChI=1S/C33H58N2O8.C5H10.2CH3.Fe/c1-22(26(5)36)19-28(27-12-10-11-13-27)21-29(20-24(3)31(38)35(8)9)33(40)43-17-15-41-14-16-42-32(39)25(4)18-23(2)30(37)34(6)7;1-2-4-5-3-1;;;/h22-25,27-29H,10-21H2,1-9H3;1-5H2;2*1H3;/q;;2*-1;+2. The number of carbonyl (C=O) groups excluding carboxylic acids is 5. The van der Waals surface area contributed by atoms with Gasteiger partial charge in [0, 0.05) is 45.9 Å². The number of ether oxygens (including phenoxy) is 3. The van der Waals surface area contributed by atoms with Crippen molar-refractivity contribution in [2.75, 3.05) is 54.6 Å². The molecule has 6 atom stereocenters. The van der Waals surface area contributed by atoms with Crippen molar-refractivity contribution in [3.8, 4) is 0 Å². The molecule has 0 spiro atoms. The van der Waals surface area contributed by atoms with E-state index in [0.717, 1.165) is 19.3 Å². The maximum Gasteiger partial charge on any atom is 2.00 e. The molecule has 51 heavy (non-hydrogen) atoms. The van der Waals surface area contributed by atoms with Crippen LogP contribution in [0, 0.1) is 56.3 Å². The van der Waals surface area contributed by atoms with Gasteiger partial charge in [0.25, 0.3) is 0 Å². The first-order chi connectivity index (χ1) is 22.6. The number of amides is 2. The van der Waals surface area contributed by atoms with Gasteiger partial charge in [-0.2, -0.15) is 0 Å². The van der Waals surface area contributed by atoms with Crippen LogP contribution < -0.4 is 0 Å². The third-order valence-corrected chi connectivity index (χ3v) is 10.0. The van der Waals surface area contributed by atoms with Crippen molar-refractivity contribution in [3.05, 3.63) is 14.9 Å². The van der Waals surface area contributed by atoms with E-state index in [1.165, 1.54) is 49.8 Å². The van der Waals surface area contributed by atoms with Crippen LogP contribution in [0.3, 0.4) is 0 Å². The van der Waals surface area contributed by atoms with Crippen molar-refractivity contribution in [3.63, 3.8) is 0 Å². The largest absolute Gasteiger partial charge is 2.00 e. The van der Waals surface area contributed by atoms with Crippen LogP contribution >= 0.6 is 0 Å². The number of ketones is 1. The molecule has 0 saturated heterocycles. The Kier molecular flexibility index (Phi) is 30.9. The first kappa shape index (κ1) is 53.4. The molecule has 0 aromatic rings. The van der Waals surface area contributed by atoms with E-state index >= 15 is 0 Å². The van der Waals surface area contributed by atoms with Crippen molar-refractivity contribution in [2.45, 2.75) is 118 Å². The maximum absolute atomic E-state index is 13.3. The molecule has 11 heteroatoms. The third kappa shape index (κ3) is 22.0. The summed E-state index contributed by atoms with van der Waals surface area (Å²) in [5, 5.41) is 0. The van der Waals surface area contributed by atoms with Gasteiger partial charge >= 0.3 is 29.0 Å². The molecule has 2 aliphatic rings. The summed E-state index contributed by atoms with van der Waals surface area (Å²) in [6.07, 6.45) is 14.2. The average Bonchev–Trinajstić information content (AvgIpc) is 3.80. The van der Waals surface area contributed by atoms with Crippen LogP contribution in [0.5, 0.6) is 0 Å². The Balaban J connectivity index is -0.00000263. The van der Waals surface area contributed by atoms with E-state index < -0.39 is 11.8 Å². The smallest absolute Gasteiger partial charge is 0.463 e. The molecule has 2 saturated carbocycles. The predicted octanol–water partition coefficient (Wildman–Crippen LogP) is 7.23. The van der Waals surface area contributed by atoms with Crippen molar-refractivity contribution >= 4 is 29.5 Å². The average molecular weight is 767 g/mol. The van der Waals surface area contributed by atoms with E-state index in [-0.39, 0.29) is 112 Å². The Morgan fingerprint density at radius 2 is 1.00 bits per heavy atom. The number of nitrogens with zero attached hydrogens (tertiary/aromatic N) is 2. The second-order valence-electron chi connectivity index (χ2n) is 14.8. The molecule has 0 N–H and O–H groups in total. The van der Waals surface area contributed by atoms with Gasteiger partial charge in [-0.25, -0.2) is 0 Å². The van der Waals surface area contributed by atoms with Crippen LogP contribution in [0.2, 0.25) is 0 Å². The van der Waals surface area contributed by atoms with E-state index in [2.05, 4.69) is 0 Å². The fourth-order valence-corrected chi connectivity index (χ4v) is 6.97. The third-order valence-electron chi connectivity index (χ3n) is 10.0. The van der Waals surface area contributed by atoms with Gasteiger partial charge < -0.3 is 38.9 Å². The zero-order chi connectivity index (χ0) is 36.2. The summed E-state index contributed by atoms with van der Waals surface area (Å²) in [6.45, 7) is 9.39. The van der Waals surface area contributed by atoms with Gasteiger partial charge in [-0.3, -0.25) is 24.0 Å². The Bertz CT molecular complexity index is 974. The molecule has 2 fully saturated rings. The minimum Gasteiger partial charge on any atom is -0.463 e. The van der Waals surface area contributed by atoms with Crippen molar-refractivity contribution < 1.29 is 55.3 Å². The van der Waals surface area contributed by atoms with Crippen LogP contribution in [0.1, 0.15) is 118 Å². The van der Waals surface area contributed by atoms with Crippen LogP contribution in [0.15, 0.2) is 0 Å². The van der Waals surface area contributed by atoms with Gasteiger partial charge in [0.2, 0.25) is 11.8 Å².